The average molecular weight is 313 g/mol. The van der Waals surface area contributed by atoms with E-state index in [9.17, 15) is 4.79 Å². The van der Waals surface area contributed by atoms with E-state index in [1.165, 1.54) is 32.1 Å². The number of carbonyl (C=O) groups is 1. The molecule has 0 radical (unpaired) electrons. The summed E-state index contributed by atoms with van der Waals surface area (Å²) in [5.41, 5.74) is 0. The quantitative estimate of drug-likeness (QED) is 0.829. The smallest absolute Gasteiger partial charge is 0.260 e. The molecule has 0 aliphatic heterocycles. The van der Waals surface area contributed by atoms with Gasteiger partial charge in [0.25, 0.3) is 5.91 Å². The highest BCUT2D eigenvalue weighted by molar-refractivity contribution is 5.78. The van der Waals surface area contributed by atoms with E-state index >= 15 is 0 Å². The van der Waals surface area contributed by atoms with Gasteiger partial charge in [-0.15, -0.1) is 0 Å². The zero-order chi connectivity index (χ0) is 15.8. The van der Waals surface area contributed by atoms with Gasteiger partial charge in [-0.2, -0.15) is 0 Å². The first kappa shape index (κ1) is 15.0. The third-order valence-electron chi connectivity index (χ3n) is 6.30. The molecule has 124 valence electrons. The molecule has 0 atom stereocenters. The van der Waals surface area contributed by atoms with Gasteiger partial charge < -0.3 is 9.64 Å². The van der Waals surface area contributed by atoms with Crippen molar-refractivity contribution in [3.05, 3.63) is 30.3 Å². The monoisotopic (exact) mass is 313 g/mol. The standard InChI is InChI=1S/C20H27NO2/c1-2-21(19(22)13-23-18-6-4-3-5-7-18)20-16-9-14-8-15(11-16)12-17(20)10-14/h3-7,14-17,20H,2,8-13H2,1H3. The molecule has 5 rings (SSSR count). The molecule has 0 aromatic heterocycles. The maximum absolute atomic E-state index is 12.8. The summed E-state index contributed by atoms with van der Waals surface area (Å²) in [4.78, 5) is 14.9. The van der Waals surface area contributed by atoms with Crippen LogP contribution in [0.2, 0.25) is 0 Å². The van der Waals surface area contributed by atoms with Crippen molar-refractivity contribution >= 4 is 5.91 Å². The molecule has 3 nitrogen and oxygen atoms in total. The predicted octanol–water partition coefficient (Wildman–Crippen LogP) is 3.74. The molecule has 1 aromatic rings. The summed E-state index contributed by atoms with van der Waals surface area (Å²) >= 11 is 0. The van der Waals surface area contributed by atoms with Gasteiger partial charge in [0.2, 0.25) is 0 Å². The molecule has 1 aromatic carbocycles. The highest BCUT2D eigenvalue weighted by atomic mass is 16.5. The van der Waals surface area contributed by atoms with Crippen LogP contribution in [-0.2, 0) is 4.79 Å². The molecule has 4 bridgehead atoms. The Kier molecular flexibility index (Phi) is 4.04. The lowest BCUT2D eigenvalue weighted by Crippen LogP contribution is -2.58. The van der Waals surface area contributed by atoms with E-state index in [2.05, 4.69) is 11.8 Å². The van der Waals surface area contributed by atoms with Gasteiger partial charge >= 0.3 is 0 Å². The average Bonchev–Trinajstić information content (AvgIpc) is 2.56. The molecule has 4 saturated carbocycles. The Bertz CT molecular complexity index is 528. The molecular weight excluding hydrogens is 286 g/mol. The minimum Gasteiger partial charge on any atom is -0.484 e. The first-order valence-electron chi connectivity index (χ1n) is 9.22. The minimum absolute atomic E-state index is 0.161. The largest absolute Gasteiger partial charge is 0.484 e. The highest BCUT2D eigenvalue weighted by Crippen LogP contribution is 2.55. The summed E-state index contributed by atoms with van der Waals surface area (Å²) in [5, 5.41) is 0. The van der Waals surface area contributed by atoms with Gasteiger partial charge in [0.15, 0.2) is 6.61 Å². The number of hydrogen-bond acceptors (Lipinski definition) is 2. The molecule has 4 aliphatic rings. The summed E-state index contributed by atoms with van der Waals surface area (Å²) in [6.07, 6.45) is 6.85. The van der Waals surface area contributed by atoms with Crippen LogP contribution in [0.4, 0.5) is 0 Å². The van der Waals surface area contributed by atoms with Gasteiger partial charge in [-0.3, -0.25) is 4.79 Å². The van der Waals surface area contributed by atoms with Gasteiger partial charge in [0, 0.05) is 12.6 Å². The second-order valence-electron chi connectivity index (χ2n) is 7.70. The number of carbonyl (C=O) groups excluding carboxylic acids is 1. The Morgan fingerprint density at radius 1 is 1.04 bits per heavy atom. The van der Waals surface area contributed by atoms with Crippen molar-refractivity contribution in [2.75, 3.05) is 13.2 Å². The number of amides is 1. The van der Waals surface area contributed by atoms with Crippen molar-refractivity contribution < 1.29 is 9.53 Å². The minimum atomic E-state index is 0.161. The van der Waals surface area contributed by atoms with Gasteiger partial charge in [0.05, 0.1) is 0 Å². The molecule has 3 heteroatoms. The Hall–Kier alpha value is -1.51. The number of benzene rings is 1. The lowest BCUT2D eigenvalue weighted by atomic mass is 9.54. The SMILES string of the molecule is CCN(C(=O)COc1ccccc1)C1C2CC3CC(C2)CC1C3. The van der Waals surface area contributed by atoms with Crippen molar-refractivity contribution in [1.82, 2.24) is 4.90 Å². The number of ether oxygens (including phenoxy) is 1. The zero-order valence-electron chi connectivity index (χ0n) is 14.0. The van der Waals surface area contributed by atoms with Crippen LogP contribution < -0.4 is 4.74 Å². The Labute approximate surface area is 139 Å². The molecule has 0 heterocycles. The van der Waals surface area contributed by atoms with E-state index < -0.39 is 0 Å². The molecule has 0 unspecified atom stereocenters. The maximum atomic E-state index is 12.8. The highest BCUT2D eigenvalue weighted by Gasteiger charge is 2.50. The first-order valence-corrected chi connectivity index (χ1v) is 9.22. The first-order chi connectivity index (χ1) is 11.2. The van der Waals surface area contributed by atoms with Crippen molar-refractivity contribution in [2.24, 2.45) is 23.7 Å². The fourth-order valence-electron chi connectivity index (χ4n) is 5.70. The van der Waals surface area contributed by atoms with Crippen molar-refractivity contribution in [2.45, 2.75) is 45.1 Å². The second-order valence-corrected chi connectivity index (χ2v) is 7.70. The van der Waals surface area contributed by atoms with E-state index in [0.717, 1.165) is 36.0 Å². The van der Waals surface area contributed by atoms with Gasteiger partial charge in [-0.25, -0.2) is 0 Å². The van der Waals surface area contributed by atoms with E-state index in [4.69, 9.17) is 4.74 Å². The Morgan fingerprint density at radius 2 is 1.65 bits per heavy atom. The van der Waals surface area contributed by atoms with Crippen LogP contribution in [0.5, 0.6) is 5.75 Å². The molecular formula is C20H27NO2. The van der Waals surface area contributed by atoms with E-state index in [1.807, 2.05) is 30.3 Å². The van der Waals surface area contributed by atoms with Gasteiger partial charge in [-0.05, 0) is 74.8 Å². The van der Waals surface area contributed by atoms with Crippen molar-refractivity contribution in [3.8, 4) is 5.75 Å². The Morgan fingerprint density at radius 3 is 2.22 bits per heavy atom. The third-order valence-corrected chi connectivity index (χ3v) is 6.30. The Balaban J connectivity index is 1.43. The lowest BCUT2D eigenvalue weighted by molar-refractivity contribution is -0.145. The zero-order valence-corrected chi connectivity index (χ0v) is 14.0. The molecule has 4 fully saturated rings. The molecule has 0 N–H and O–H groups in total. The number of likely N-dealkylation sites (N-methyl/N-ethyl adjacent to an activating group) is 1. The summed E-state index contributed by atoms with van der Waals surface area (Å²) in [5.74, 6) is 4.32. The van der Waals surface area contributed by atoms with E-state index in [0.29, 0.717) is 6.04 Å². The third kappa shape index (κ3) is 2.86. The summed E-state index contributed by atoms with van der Waals surface area (Å²) in [7, 11) is 0. The number of nitrogens with zero attached hydrogens (tertiary/aromatic N) is 1. The van der Waals surface area contributed by atoms with E-state index in [1.54, 1.807) is 0 Å². The van der Waals surface area contributed by atoms with Gasteiger partial charge in [-0.1, -0.05) is 18.2 Å². The molecule has 0 saturated heterocycles. The topological polar surface area (TPSA) is 29.5 Å². The van der Waals surface area contributed by atoms with E-state index in [-0.39, 0.29) is 12.5 Å². The van der Waals surface area contributed by atoms with Crippen LogP contribution in [0.25, 0.3) is 0 Å². The fraction of sp³-hybridized carbons (Fsp3) is 0.650. The summed E-state index contributed by atoms with van der Waals surface area (Å²) in [6, 6.07) is 10.1. The normalized spacial score (nSPS) is 34.4. The number of rotatable bonds is 5. The molecule has 0 spiro atoms. The second kappa shape index (κ2) is 6.18. The number of hydrogen-bond donors (Lipinski definition) is 0. The molecule has 23 heavy (non-hydrogen) atoms. The van der Waals surface area contributed by atoms with Crippen molar-refractivity contribution in [1.29, 1.82) is 0 Å². The van der Waals surface area contributed by atoms with Crippen LogP contribution in [0.3, 0.4) is 0 Å². The van der Waals surface area contributed by atoms with Crippen LogP contribution in [0, 0.1) is 23.7 Å². The lowest BCUT2D eigenvalue weighted by Gasteiger charge is -2.57. The van der Waals surface area contributed by atoms with Crippen molar-refractivity contribution in [3.63, 3.8) is 0 Å². The van der Waals surface area contributed by atoms with Crippen LogP contribution in [0.1, 0.15) is 39.0 Å². The summed E-state index contributed by atoms with van der Waals surface area (Å²) < 4.78 is 5.70. The van der Waals surface area contributed by atoms with Gasteiger partial charge in [0.1, 0.15) is 5.75 Å². The molecule has 1 amide bonds. The predicted molar refractivity (Wildman–Crippen MR) is 90.2 cm³/mol. The van der Waals surface area contributed by atoms with Crippen LogP contribution in [-0.4, -0.2) is 30.0 Å². The molecule has 4 aliphatic carbocycles. The maximum Gasteiger partial charge on any atom is 0.260 e. The number of para-hydroxylation sites is 1. The van der Waals surface area contributed by atoms with Crippen LogP contribution >= 0.6 is 0 Å². The fourth-order valence-corrected chi connectivity index (χ4v) is 5.70. The van der Waals surface area contributed by atoms with Crippen LogP contribution in [0.15, 0.2) is 30.3 Å². The summed E-state index contributed by atoms with van der Waals surface area (Å²) in [6.45, 7) is 3.09.